The predicted molar refractivity (Wildman–Crippen MR) is 69.3 cm³/mol. The number of ether oxygens (including phenoxy) is 2. The minimum atomic E-state index is -0.509. The molecule has 1 atom stereocenters. The molecule has 0 aliphatic carbocycles. The summed E-state index contributed by atoms with van der Waals surface area (Å²) in [4.78, 5) is 0. The van der Waals surface area contributed by atoms with Crippen molar-refractivity contribution in [1.82, 2.24) is 5.32 Å². The molecule has 0 saturated heterocycles. The van der Waals surface area contributed by atoms with Gasteiger partial charge in [-0.3, -0.25) is 0 Å². The smallest absolute Gasteiger partial charge is 0.145 e. The molecule has 96 valence electrons. The quantitative estimate of drug-likeness (QED) is 0.816. The van der Waals surface area contributed by atoms with Crippen molar-refractivity contribution in [2.45, 2.75) is 6.10 Å². The minimum absolute atomic E-state index is 0.0566. The minimum Gasteiger partial charge on any atom is -0.485 e. The highest BCUT2D eigenvalue weighted by molar-refractivity contribution is 9.10. The second kappa shape index (κ2) is 7.16. The molecule has 0 heterocycles. The summed E-state index contributed by atoms with van der Waals surface area (Å²) in [5.74, 6) is -0.102. The van der Waals surface area contributed by atoms with Crippen LogP contribution in [-0.4, -0.2) is 33.4 Å². The fraction of sp³-hybridized carbons (Fsp3) is 0.455. The lowest BCUT2D eigenvalue weighted by atomic mass is 10.3. The Kier molecular flexibility index (Phi) is 6.19. The van der Waals surface area contributed by atoms with E-state index in [0.717, 1.165) is 0 Å². The average molecular weight is 327 g/mol. The number of methoxy groups -OCH3 is 1. The average Bonchev–Trinajstić information content (AvgIpc) is 2.26. The van der Waals surface area contributed by atoms with Gasteiger partial charge in [0.25, 0.3) is 0 Å². The van der Waals surface area contributed by atoms with Gasteiger partial charge in [0.2, 0.25) is 0 Å². The number of halogens is 3. The maximum Gasteiger partial charge on any atom is 0.145 e. The molecular formula is C11H14BrClFNO2. The highest BCUT2D eigenvalue weighted by Gasteiger charge is 2.14. The molecule has 1 aromatic carbocycles. The van der Waals surface area contributed by atoms with Gasteiger partial charge in [0.1, 0.15) is 17.7 Å². The zero-order chi connectivity index (χ0) is 12.8. The second-order valence-electron chi connectivity index (χ2n) is 3.45. The summed E-state index contributed by atoms with van der Waals surface area (Å²) in [6, 6.07) is 2.72. The van der Waals surface area contributed by atoms with Crippen molar-refractivity contribution in [3.8, 4) is 5.75 Å². The highest BCUT2D eigenvalue weighted by Crippen LogP contribution is 2.31. The van der Waals surface area contributed by atoms with Gasteiger partial charge in [-0.15, -0.1) is 0 Å². The molecule has 0 bridgehead atoms. The van der Waals surface area contributed by atoms with Crippen molar-refractivity contribution in [3.63, 3.8) is 0 Å². The Balaban J connectivity index is 2.81. The normalized spacial score (nSPS) is 12.5. The summed E-state index contributed by atoms with van der Waals surface area (Å²) < 4.78 is 24.6. The van der Waals surface area contributed by atoms with Crippen molar-refractivity contribution in [2.24, 2.45) is 0 Å². The van der Waals surface area contributed by atoms with Gasteiger partial charge >= 0.3 is 0 Å². The Labute approximate surface area is 113 Å². The molecule has 0 fully saturated rings. The Morgan fingerprint density at radius 1 is 1.53 bits per heavy atom. The molecule has 0 aromatic heterocycles. The van der Waals surface area contributed by atoms with E-state index in [2.05, 4.69) is 21.2 Å². The zero-order valence-corrected chi connectivity index (χ0v) is 11.9. The van der Waals surface area contributed by atoms with Gasteiger partial charge in [-0.1, -0.05) is 11.6 Å². The van der Waals surface area contributed by atoms with Gasteiger partial charge in [-0.05, 0) is 29.0 Å². The molecule has 0 aliphatic rings. The standard InChI is InChI=1S/C11H14BrClFNO2/c1-15-5-7(6-16-2)17-11-4-10(14)9(13)3-8(11)12/h3-4,7,15H,5-6H2,1-2H3. The van der Waals surface area contributed by atoms with Crippen LogP contribution in [0, 0.1) is 5.82 Å². The molecule has 17 heavy (non-hydrogen) atoms. The lowest BCUT2D eigenvalue weighted by Crippen LogP contribution is -2.33. The third kappa shape index (κ3) is 4.43. The van der Waals surface area contributed by atoms with E-state index in [0.29, 0.717) is 23.4 Å². The topological polar surface area (TPSA) is 30.5 Å². The van der Waals surface area contributed by atoms with E-state index in [9.17, 15) is 4.39 Å². The van der Waals surface area contributed by atoms with Gasteiger partial charge in [0, 0.05) is 19.7 Å². The van der Waals surface area contributed by atoms with Gasteiger partial charge in [0.15, 0.2) is 0 Å². The summed E-state index contributed by atoms with van der Waals surface area (Å²) in [6.07, 6.45) is -0.193. The van der Waals surface area contributed by atoms with E-state index in [1.165, 1.54) is 12.1 Å². The molecule has 1 aromatic rings. The Bertz CT molecular complexity index is 373. The van der Waals surface area contributed by atoms with E-state index in [4.69, 9.17) is 21.1 Å². The van der Waals surface area contributed by atoms with Gasteiger partial charge in [0.05, 0.1) is 16.1 Å². The van der Waals surface area contributed by atoms with Crippen molar-refractivity contribution in [1.29, 1.82) is 0 Å². The summed E-state index contributed by atoms with van der Waals surface area (Å²) in [7, 11) is 3.40. The lowest BCUT2D eigenvalue weighted by Gasteiger charge is -2.19. The van der Waals surface area contributed by atoms with Gasteiger partial charge < -0.3 is 14.8 Å². The van der Waals surface area contributed by atoms with Crippen LogP contribution in [-0.2, 0) is 4.74 Å². The summed E-state index contributed by atoms with van der Waals surface area (Å²) >= 11 is 8.92. The molecule has 3 nitrogen and oxygen atoms in total. The van der Waals surface area contributed by atoms with Crippen molar-refractivity contribution in [3.05, 3.63) is 27.4 Å². The van der Waals surface area contributed by atoms with Crippen molar-refractivity contribution in [2.75, 3.05) is 27.3 Å². The maximum atomic E-state index is 13.3. The third-order valence-electron chi connectivity index (χ3n) is 2.05. The van der Waals surface area contributed by atoms with E-state index < -0.39 is 5.82 Å². The van der Waals surface area contributed by atoms with Crippen LogP contribution < -0.4 is 10.1 Å². The van der Waals surface area contributed by atoms with Crippen molar-refractivity contribution >= 4 is 27.5 Å². The number of likely N-dealkylation sites (N-methyl/N-ethyl adjacent to an activating group) is 1. The predicted octanol–water partition coefficient (Wildman–Crippen LogP) is 2.85. The first-order chi connectivity index (χ1) is 8.08. The van der Waals surface area contributed by atoms with E-state index in [1.54, 1.807) is 7.11 Å². The van der Waals surface area contributed by atoms with Crippen LogP contribution in [0.3, 0.4) is 0 Å². The lowest BCUT2D eigenvalue weighted by molar-refractivity contribution is 0.0811. The van der Waals surface area contributed by atoms with Gasteiger partial charge in [-0.25, -0.2) is 4.39 Å². The first-order valence-corrected chi connectivity index (χ1v) is 6.20. The molecule has 0 saturated carbocycles. The summed E-state index contributed by atoms with van der Waals surface area (Å²) in [5.41, 5.74) is 0. The third-order valence-corrected chi connectivity index (χ3v) is 2.96. The molecule has 6 heteroatoms. The molecule has 1 unspecified atom stereocenters. The molecule has 0 aliphatic heterocycles. The summed E-state index contributed by atoms with van der Waals surface area (Å²) in [5, 5.41) is 3.03. The second-order valence-corrected chi connectivity index (χ2v) is 4.71. The van der Waals surface area contributed by atoms with E-state index >= 15 is 0 Å². The van der Waals surface area contributed by atoms with Crippen LogP contribution in [0.15, 0.2) is 16.6 Å². The number of rotatable bonds is 6. The fourth-order valence-corrected chi connectivity index (χ4v) is 2.05. The molecule has 0 radical (unpaired) electrons. The number of nitrogens with one attached hydrogen (secondary N) is 1. The zero-order valence-electron chi connectivity index (χ0n) is 9.60. The monoisotopic (exact) mass is 325 g/mol. The molecular weight excluding hydrogens is 312 g/mol. The van der Waals surface area contributed by atoms with Crippen LogP contribution in [0.25, 0.3) is 0 Å². The van der Waals surface area contributed by atoms with Crippen LogP contribution in [0.2, 0.25) is 5.02 Å². The van der Waals surface area contributed by atoms with Crippen LogP contribution in [0.5, 0.6) is 5.75 Å². The number of hydrogen-bond acceptors (Lipinski definition) is 3. The Hall–Kier alpha value is -0.360. The highest BCUT2D eigenvalue weighted by atomic mass is 79.9. The van der Waals surface area contributed by atoms with E-state index in [1.807, 2.05) is 7.05 Å². The molecule has 0 amide bonds. The number of benzene rings is 1. The van der Waals surface area contributed by atoms with Gasteiger partial charge in [-0.2, -0.15) is 0 Å². The van der Waals surface area contributed by atoms with Crippen molar-refractivity contribution < 1.29 is 13.9 Å². The SMILES string of the molecule is CNCC(COC)Oc1cc(F)c(Cl)cc1Br. The van der Waals surface area contributed by atoms with Crippen LogP contribution >= 0.6 is 27.5 Å². The molecule has 0 spiro atoms. The fourth-order valence-electron chi connectivity index (χ4n) is 1.32. The summed E-state index contributed by atoms with van der Waals surface area (Å²) in [6.45, 7) is 1.02. The first-order valence-electron chi connectivity index (χ1n) is 5.03. The largest absolute Gasteiger partial charge is 0.485 e. The molecule has 1 N–H and O–H groups in total. The van der Waals surface area contributed by atoms with E-state index in [-0.39, 0.29) is 11.1 Å². The maximum absolute atomic E-state index is 13.3. The number of hydrogen-bond donors (Lipinski definition) is 1. The van der Waals surface area contributed by atoms with Crippen LogP contribution in [0.1, 0.15) is 0 Å². The Morgan fingerprint density at radius 3 is 2.82 bits per heavy atom. The first kappa shape index (κ1) is 14.7. The molecule has 1 rings (SSSR count). The van der Waals surface area contributed by atoms with Crippen LogP contribution in [0.4, 0.5) is 4.39 Å². The Morgan fingerprint density at radius 2 is 2.24 bits per heavy atom.